The fraction of sp³-hybridized carbons (Fsp3) is 0.186. The van der Waals surface area contributed by atoms with Gasteiger partial charge in [-0.2, -0.15) is 0 Å². The zero-order valence-electron chi connectivity index (χ0n) is 37.8. The number of hydrogen-bond donors (Lipinski definition) is 0. The van der Waals surface area contributed by atoms with Crippen molar-refractivity contribution in [3.05, 3.63) is 214 Å². The number of benzene rings is 3. The van der Waals surface area contributed by atoms with E-state index in [-0.39, 0.29) is 6.04 Å². The van der Waals surface area contributed by atoms with Crippen LogP contribution in [0.15, 0.2) is 201 Å². The zero-order valence-corrected chi connectivity index (χ0v) is 37.8. The van der Waals surface area contributed by atoms with Crippen LogP contribution in [-0.4, -0.2) is 46.7 Å². The number of allylic oxidation sites excluding steroid dienone is 11. The summed E-state index contributed by atoms with van der Waals surface area (Å²) in [5, 5.41) is 3.01. The molecule has 0 N–H and O–H groups in total. The molecule has 2 aromatic heterocycles. The number of hydrogen-bond acceptors (Lipinski definition) is 4. The minimum atomic E-state index is 0.204. The highest BCUT2D eigenvalue weighted by molar-refractivity contribution is 6.13. The molecule has 2 atom stereocenters. The Balaban J connectivity index is 1.06. The molecule has 8 rings (SSSR count). The Morgan fingerprint density at radius 1 is 0.754 bits per heavy atom. The highest BCUT2D eigenvalue weighted by Gasteiger charge is 2.24. The van der Waals surface area contributed by atoms with Crippen molar-refractivity contribution in [3.8, 4) is 22.5 Å². The molecule has 3 aromatic carbocycles. The summed E-state index contributed by atoms with van der Waals surface area (Å²) in [6.45, 7) is 19.1. The van der Waals surface area contributed by atoms with Crippen molar-refractivity contribution in [3.63, 3.8) is 0 Å². The van der Waals surface area contributed by atoms with Gasteiger partial charge < -0.3 is 0 Å². The lowest BCUT2D eigenvalue weighted by Crippen LogP contribution is -2.24. The molecule has 0 amide bonds. The maximum absolute atomic E-state index is 5.14. The Labute approximate surface area is 383 Å². The Morgan fingerprint density at radius 3 is 2.18 bits per heavy atom. The van der Waals surface area contributed by atoms with Crippen LogP contribution >= 0.6 is 0 Å². The van der Waals surface area contributed by atoms with Crippen molar-refractivity contribution in [2.24, 2.45) is 25.9 Å². The highest BCUT2D eigenvalue weighted by Crippen LogP contribution is 2.30. The Bertz CT molecular complexity index is 3050. The van der Waals surface area contributed by atoms with Crippen LogP contribution < -0.4 is 10.4 Å². The molecule has 2 aliphatic carbocycles. The zero-order chi connectivity index (χ0) is 45.1. The van der Waals surface area contributed by atoms with Gasteiger partial charge in [0.15, 0.2) is 11.7 Å². The maximum atomic E-state index is 5.14. The van der Waals surface area contributed by atoms with Gasteiger partial charge in [-0.3, -0.25) is 15.0 Å². The van der Waals surface area contributed by atoms with Gasteiger partial charge in [-0.15, -0.1) is 0 Å². The Kier molecular flexibility index (Phi) is 14.2. The normalized spacial score (nSPS) is 18.9. The Hall–Kier alpha value is -7.44. The van der Waals surface area contributed by atoms with E-state index in [1.54, 1.807) is 0 Å². The lowest BCUT2D eigenvalue weighted by molar-refractivity contribution is 0.565. The number of rotatable bonds is 11. The van der Waals surface area contributed by atoms with Crippen molar-refractivity contribution >= 4 is 47.7 Å². The van der Waals surface area contributed by atoms with Crippen molar-refractivity contribution in [1.29, 1.82) is 0 Å². The van der Waals surface area contributed by atoms with Crippen LogP contribution in [0.25, 0.3) is 46.1 Å². The van der Waals surface area contributed by atoms with Gasteiger partial charge in [0.1, 0.15) is 0 Å². The van der Waals surface area contributed by atoms with Gasteiger partial charge in [0, 0.05) is 57.4 Å². The average molecular weight is 849 g/mol. The molecular weight excluding hydrogens is 793 g/mol. The summed E-state index contributed by atoms with van der Waals surface area (Å²) in [5.74, 6) is 1.40. The van der Waals surface area contributed by atoms with Crippen molar-refractivity contribution < 1.29 is 0 Å². The number of aryl methyl sites for hydroxylation is 1. The van der Waals surface area contributed by atoms with Crippen LogP contribution in [0.1, 0.15) is 62.4 Å². The van der Waals surface area contributed by atoms with Crippen molar-refractivity contribution in [2.75, 3.05) is 6.54 Å². The van der Waals surface area contributed by atoms with Crippen molar-refractivity contribution in [1.82, 2.24) is 9.97 Å². The molecular formula is C59H56N6. The lowest BCUT2D eigenvalue weighted by atomic mass is 9.85. The van der Waals surface area contributed by atoms with E-state index in [1.165, 1.54) is 11.1 Å². The predicted molar refractivity (Wildman–Crippen MR) is 278 cm³/mol. The van der Waals surface area contributed by atoms with Gasteiger partial charge in [0.2, 0.25) is 0 Å². The number of pyridine rings is 2. The van der Waals surface area contributed by atoms with Gasteiger partial charge in [-0.05, 0) is 87.7 Å². The summed E-state index contributed by atoms with van der Waals surface area (Å²) in [6.07, 6.45) is 32.3. The fourth-order valence-electron chi connectivity index (χ4n) is 8.44. The first kappa shape index (κ1) is 44.2. The number of nitrogens with zero attached hydrogens (tertiary/aromatic N) is 6. The first-order valence-electron chi connectivity index (χ1n) is 22.6. The van der Waals surface area contributed by atoms with Crippen LogP contribution in [0.3, 0.4) is 0 Å². The average Bonchev–Trinajstić information content (AvgIpc) is 3.34. The smallest absolute Gasteiger partial charge is 0.161 e. The second kappa shape index (κ2) is 20.8. The van der Waals surface area contributed by atoms with Gasteiger partial charge in [-0.1, -0.05) is 170 Å². The quantitative estimate of drug-likeness (QED) is 0.0575. The van der Waals surface area contributed by atoms with Gasteiger partial charge >= 0.3 is 0 Å². The van der Waals surface area contributed by atoms with Crippen LogP contribution in [0, 0.1) is 5.92 Å². The van der Waals surface area contributed by atoms with Crippen LogP contribution in [0.2, 0.25) is 0 Å². The SMILES string of the molecule is C=NC(=NC(=NCC/C=C\C(=C/C)C1=NC2CC(=C)C=CC2C=C1)c1ccc(-c2ccc3c(n2)C/C(=C\C=C/C)CC3)cc1)c1ccc(-c2ccc3cc/c(=C/C=C\C)c(=C)c3n2)cc1. The van der Waals surface area contributed by atoms with E-state index in [1.807, 2.05) is 31.2 Å². The topological polar surface area (TPSA) is 75.2 Å². The molecule has 0 bridgehead atoms. The molecule has 6 heteroatoms. The van der Waals surface area contributed by atoms with E-state index < -0.39 is 0 Å². The third-order valence-corrected chi connectivity index (χ3v) is 12.1. The van der Waals surface area contributed by atoms with E-state index in [0.29, 0.717) is 30.6 Å². The minimum Gasteiger partial charge on any atom is -0.280 e. The third kappa shape index (κ3) is 10.5. The van der Waals surface area contributed by atoms with E-state index in [0.717, 1.165) is 103 Å². The molecule has 3 heterocycles. The van der Waals surface area contributed by atoms with Gasteiger partial charge in [0.05, 0.1) is 28.7 Å². The monoisotopic (exact) mass is 848 g/mol. The van der Waals surface area contributed by atoms with Gasteiger partial charge in [-0.25, -0.2) is 15.0 Å². The van der Waals surface area contributed by atoms with E-state index >= 15 is 0 Å². The molecule has 0 saturated heterocycles. The Morgan fingerprint density at radius 2 is 1.45 bits per heavy atom. The largest absolute Gasteiger partial charge is 0.280 e. The molecule has 65 heavy (non-hydrogen) atoms. The summed E-state index contributed by atoms with van der Waals surface area (Å²) in [5.41, 5.74) is 13.6. The maximum Gasteiger partial charge on any atom is 0.161 e. The van der Waals surface area contributed by atoms with E-state index in [4.69, 9.17) is 24.9 Å². The summed E-state index contributed by atoms with van der Waals surface area (Å²) in [4.78, 5) is 29.9. The molecule has 3 aliphatic rings. The van der Waals surface area contributed by atoms with Crippen LogP contribution in [-0.2, 0) is 12.8 Å². The predicted octanol–water partition coefficient (Wildman–Crippen LogP) is 12.0. The summed E-state index contributed by atoms with van der Waals surface area (Å²) < 4.78 is 0. The molecule has 0 spiro atoms. The molecule has 0 saturated carbocycles. The second-order valence-electron chi connectivity index (χ2n) is 16.6. The standard InChI is InChI=1S/C59H56N6/c1-7-10-14-42-18-20-48-32-35-53(63-56(48)39-42)45-24-29-51(30-25-45)59(61-37-13-12-16-43(9-3)52-34-31-47-19-17-40(4)38-55(47)62-52)65-58(60-6)50-27-22-46(23-28-50)54-36-33-49-26-21-44(15-11-8-2)41(5)57(49)64-54/h7-12,14-17,19,21-36,47,55H,4-6,13,18,20,37-39H2,1-3H3/b10-7-,11-8-,16-12-,42-14-,43-9+,44-15-,61-59?,65-58?. The first-order valence-corrected chi connectivity index (χ1v) is 22.6. The minimum absolute atomic E-state index is 0.204. The van der Waals surface area contributed by atoms with E-state index in [2.05, 4.69) is 178 Å². The molecule has 0 radical (unpaired) electrons. The second-order valence-corrected chi connectivity index (χ2v) is 16.6. The number of dihydropyridines is 1. The molecule has 322 valence electrons. The van der Waals surface area contributed by atoms with Crippen LogP contribution in [0.5, 0.6) is 0 Å². The third-order valence-electron chi connectivity index (χ3n) is 12.1. The highest BCUT2D eigenvalue weighted by atomic mass is 15.0. The molecule has 6 nitrogen and oxygen atoms in total. The summed E-state index contributed by atoms with van der Waals surface area (Å²) in [6, 6.07) is 29.4. The summed E-state index contributed by atoms with van der Waals surface area (Å²) >= 11 is 0. The van der Waals surface area contributed by atoms with Crippen LogP contribution in [0.4, 0.5) is 0 Å². The molecule has 2 unspecified atom stereocenters. The van der Waals surface area contributed by atoms with E-state index in [9.17, 15) is 0 Å². The van der Waals surface area contributed by atoms with Crippen molar-refractivity contribution in [2.45, 2.75) is 58.9 Å². The lowest BCUT2D eigenvalue weighted by Gasteiger charge is -2.27. The molecule has 0 fully saturated rings. The number of aromatic nitrogens is 2. The first-order chi connectivity index (χ1) is 31.8. The number of fused-ring (bicyclic) bond motifs is 3. The fourth-order valence-corrected chi connectivity index (χ4v) is 8.44. The molecule has 5 aromatic rings. The van der Waals surface area contributed by atoms with Gasteiger partial charge in [0.25, 0.3) is 0 Å². The molecule has 1 aliphatic heterocycles. The number of amidine groups is 2. The summed E-state index contributed by atoms with van der Waals surface area (Å²) in [7, 11) is 0. The number of aliphatic imine (C=N–C) groups is 4.